The molecular formula is C12H18ClNO. The van der Waals surface area contributed by atoms with Gasteiger partial charge in [0.05, 0.1) is 6.61 Å². The van der Waals surface area contributed by atoms with Crippen molar-refractivity contribution in [1.29, 1.82) is 0 Å². The van der Waals surface area contributed by atoms with E-state index in [4.69, 9.17) is 22.1 Å². The minimum Gasteiger partial charge on any atom is -0.398 e. The highest BCUT2D eigenvalue weighted by Gasteiger charge is 2.00. The van der Waals surface area contributed by atoms with Crippen molar-refractivity contribution in [3.63, 3.8) is 0 Å². The molecule has 0 aromatic rings. The molecule has 0 rings (SSSR count). The third-order valence-electron chi connectivity index (χ3n) is 1.88. The Morgan fingerprint density at radius 2 is 2.07 bits per heavy atom. The van der Waals surface area contributed by atoms with Crippen LogP contribution in [-0.2, 0) is 4.74 Å². The molecule has 15 heavy (non-hydrogen) atoms. The van der Waals surface area contributed by atoms with Crippen molar-refractivity contribution in [1.82, 2.24) is 0 Å². The summed E-state index contributed by atoms with van der Waals surface area (Å²) in [6.07, 6.45) is 5.15. The van der Waals surface area contributed by atoms with Gasteiger partial charge in [-0.15, -0.1) is 0 Å². The van der Waals surface area contributed by atoms with E-state index in [1.807, 2.05) is 13.8 Å². The predicted octanol–water partition coefficient (Wildman–Crippen LogP) is 3.12. The quantitative estimate of drug-likeness (QED) is 0.733. The molecule has 0 aromatic carbocycles. The Morgan fingerprint density at radius 3 is 2.53 bits per heavy atom. The van der Waals surface area contributed by atoms with E-state index >= 15 is 0 Å². The molecule has 0 unspecified atom stereocenters. The second-order valence-electron chi connectivity index (χ2n) is 3.24. The average molecular weight is 228 g/mol. The van der Waals surface area contributed by atoms with Crippen molar-refractivity contribution < 1.29 is 4.74 Å². The lowest BCUT2D eigenvalue weighted by Gasteiger charge is -2.07. The van der Waals surface area contributed by atoms with E-state index in [9.17, 15) is 0 Å². The Morgan fingerprint density at radius 1 is 1.47 bits per heavy atom. The van der Waals surface area contributed by atoms with Crippen LogP contribution in [0.5, 0.6) is 0 Å². The second kappa shape index (κ2) is 7.32. The fraction of sp³-hybridized carbons (Fsp3) is 0.333. The van der Waals surface area contributed by atoms with E-state index in [1.54, 1.807) is 25.3 Å². The lowest BCUT2D eigenvalue weighted by molar-refractivity contribution is 0.225. The van der Waals surface area contributed by atoms with Gasteiger partial charge < -0.3 is 10.5 Å². The normalized spacial score (nSPS) is 14.9. The highest BCUT2D eigenvalue weighted by Crippen LogP contribution is 2.14. The monoisotopic (exact) mass is 227 g/mol. The van der Waals surface area contributed by atoms with Crippen LogP contribution in [0.25, 0.3) is 0 Å². The maximum Gasteiger partial charge on any atom is 0.0693 e. The summed E-state index contributed by atoms with van der Waals surface area (Å²) in [6.45, 7) is 7.93. The summed E-state index contributed by atoms with van der Waals surface area (Å²) in [5.74, 6) is 0. The SMILES string of the molecule is C=C\C=C(Cl)/C=C(C)/C(N)=C(\C)COC. The maximum absolute atomic E-state index is 5.91. The molecule has 0 aliphatic heterocycles. The molecule has 0 radical (unpaired) electrons. The van der Waals surface area contributed by atoms with Gasteiger partial charge >= 0.3 is 0 Å². The first-order chi connectivity index (χ1) is 7.02. The minimum atomic E-state index is 0.528. The van der Waals surface area contributed by atoms with Crippen molar-refractivity contribution in [2.45, 2.75) is 13.8 Å². The van der Waals surface area contributed by atoms with E-state index in [0.29, 0.717) is 17.3 Å². The third kappa shape index (κ3) is 5.45. The molecule has 0 aliphatic carbocycles. The maximum atomic E-state index is 5.91. The topological polar surface area (TPSA) is 35.2 Å². The Hall–Kier alpha value is -0.990. The highest BCUT2D eigenvalue weighted by molar-refractivity contribution is 6.31. The number of halogens is 1. The number of hydrogen-bond donors (Lipinski definition) is 1. The minimum absolute atomic E-state index is 0.528. The summed E-state index contributed by atoms with van der Waals surface area (Å²) < 4.78 is 5.00. The van der Waals surface area contributed by atoms with E-state index in [-0.39, 0.29) is 0 Å². The molecule has 84 valence electrons. The Labute approximate surface area is 96.8 Å². The summed E-state index contributed by atoms with van der Waals surface area (Å²) in [6, 6.07) is 0. The van der Waals surface area contributed by atoms with Gasteiger partial charge in [0.15, 0.2) is 0 Å². The lowest BCUT2D eigenvalue weighted by atomic mass is 10.1. The first kappa shape index (κ1) is 14.0. The van der Waals surface area contributed by atoms with E-state index in [0.717, 1.165) is 11.1 Å². The molecule has 3 heteroatoms. The molecule has 0 heterocycles. The van der Waals surface area contributed by atoms with Crippen LogP contribution in [0, 0.1) is 0 Å². The van der Waals surface area contributed by atoms with Crippen LogP contribution in [-0.4, -0.2) is 13.7 Å². The van der Waals surface area contributed by atoms with E-state index in [1.165, 1.54) is 0 Å². The number of nitrogens with two attached hydrogens (primary N) is 1. The predicted molar refractivity (Wildman–Crippen MR) is 66.7 cm³/mol. The van der Waals surface area contributed by atoms with Gasteiger partial charge in [-0.05, 0) is 37.1 Å². The summed E-state index contributed by atoms with van der Waals surface area (Å²) >= 11 is 5.91. The summed E-state index contributed by atoms with van der Waals surface area (Å²) in [5.41, 5.74) is 8.54. The molecule has 2 N–H and O–H groups in total. The molecule has 0 saturated heterocycles. The van der Waals surface area contributed by atoms with Crippen LogP contribution in [0.15, 0.2) is 46.7 Å². The standard InChI is InChI=1S/C12H18ClNO/c1-5-6-11(13)7-9(2)12(14)10(3)8-15-4/h5-7H,1,8,14H2,2-4H3/b9-7+,11-6+,12-10-. The average Bonchev–Trinajstić information content (AvgIpc) is 2.17. The number of allylic oxidation sites excluding steroid dienone is 5. The van der Waals surface area contributed by atoms with Crippen LogP contribution < -0.4 is 5.73 Å². The van der Waals surface area contributed by atoms with Gasteiger partial charge in [-0.1, -0.05) is 24.3 Å². The van der Waals surface area contributed by atoms with Gasteiger partial charge in [0.25, 0.3) is 0 Å². The van der Waals surface area contributed by atoms with Gasteiger partial charge in [0, 0.05) is 17.8 Å². The highest BCUT2D eigenvalue weighted by atomic mass is 35.5. The number of rotatable bonds is 5. The zero-order valence-electron chi connectivity index (χ0n) is 9.51. The third-order valence-corrected chi connectivity index (χ3v) is 2.11. The fourth-order valence-corrected chi connectivity index (χ4v) is 1.33. The van der Waals surface area contributed by atoms with Crippen molar-refractivity contribution >= 4 is 11.6 Å². The van der Waals surface area contributed by atoms with Gasteiger partial charge in [-0.25, -0.2) is 0 Å². The van der Waals surface area contributed by atoms with Crippen LogP contribution in [0.4, 0.5) is 0 Å². The van der Waals surface area contributed by atoms with Crippen LogP contribution in [0.3, 0.4) is 0 Å². The van der Waals surface area contributed by atoms with Crippen LogP contribution in [0.1, 0.15) is 13.8 Å². The van der Waals surface area contributed by atoms with Gasteiger partial charge in [-0.3, -0.25) is 0 Å². The molecular weight excluding hydrogens is 210 g/mol. The van der Waals surface area contributed by atoms with E-state index in [2.05, 4.69) is 6.58 Å². The van der Waals surface area contributed by atoms with Crippen molar-refractivity contribution in [2.75, 3.05) is 13.7 Å². The first-order valence-electron chi connectivity index (χ1n) is 4.64. The zero-order chi connectivity index (χ0) is 11.8. The summed E-state index contributed by atoms with van der Waals surface area (Å²) in [7, 11) is 1.64. The zero-order valence-corrected chi connectivity index (χ0v) is 10.3. The summed E-state index contributed by atoms with van der Waals surface area (Å²) in [4.78, 5) is 0. The molecule has 2 nitrogen and oxygen atoms in total. The molecule has 0 saturated carbocycles. The molecule has 0 atom stereocenters. The smallest absolute Gasteiger partial charge is 0.0693 e. The van der Waals surface area contributed by atoms with Crippen LogP contribution in [0.2, 0.25) is 0 Å². The van der Waals surface area contributed by atoms with Gasteiger partial charge in [0.2, 0.25) is 0 Å². The Bertz CT molecular complexity index is 314. The largest absolute Gasteiger partial charge is 0.398 e. The lowest BCUT2D eigenvalue weighted by Crippen LogP contribution is -2.06. The molecule has 0 bridgehead atoms. The Kier molecular flexibility index (Phi) is 6.84. The van der Waals surface area contributed by atoms with Crippen LogP contribution >= 0.6 is 11.6 Å². The molecule has 0 aromatic heterocycles. The number of ether oxygens (including phenoxy) is 1. The van der Waals surface area contributed by atoms with Gasteiger partial charge in [0.1, 0.15) is 0 Å². The molecule has 0 amide bonds. The van der Waals surface area contributed by atoms with Gasteiger partial charge in [-0.2, -0.15) is 0 Å². The summed E-state index contributed by atoms with van der Waals surface area (Å²) in [5, 5.41) is 0.607. The Balaban J connectivity index is 4.84. The molecule has 0 fully saturated rings. The van der Waals surface area contributed by atoms with Crippen molar-refractivity contribution in [3.05, 3.63) is 46.7 Å². The fourth-order valence-electron chi connectivity index (χ4n) is 1.08. The van der Waals surface area contributed by atoms with Crippen molar-refractivity contribution in [2.24, 2.45) is 5.73 Å². The molecule has 0 spiro atoms. The van der Waals surface area contributed by atoms with E-state index < -0.39 is 0 Å². The van der Waals surface area contributed by atoms with Crippen molar-refractivity contribution in [3.8, 4) is 0 Å². The number of methoxy groups -OCH3 is 1. The number of hydrogen-bond acceptors (Lipinski definition) is 2. The first-order valence-corrected chi connectivity index (χ1v) is 5.01. The molecule has 0 aliphatic rings. The second-order valence-corrected chi connectivity index (χ2v) is 3.68.